The zero-order valence-corrected chi connectivity index (χ0v) is 27.8. The number of aromatic nitrogens is 5. The van der Waals surface area contributed by atoms with Crippen molar-refractivity contribution in [2.45, 2.75) is 0 Å². The van der Waals surface area contributed by atoms with Crippen molar-refractivity contribution in [2.75, 3.05) is 0 Å². The lowest BCUT2D eigenvalue weighted by Crippen LogP contribution is -2.02. The molecule has 6 heteroatoms. The molecular formula is C46H28N6. The highest BCUT2D eigenvalue weighted by Crippen LogP contribution is 2.38. The lowest BCUT2D eigenvalue weighted by atomic mass is 10.1. The van der Waals surface area contributed by atoms with Gasteiger partial charge in [-0.1, -0.05) is 115 Å². The second-order valence-electron chi connectivity index (χ2n) is 12.8. The third-order valence-corrected chi connectivity index (χ3v) is 9.81. The topological polar surface area (TPSA) is 72.3 Å². The van der Waals surface area contributed by atoms with E-state index in [2.05, 4.69) is 100 Å². The highest BCUT2D eigenvalue weighted by atomic mass is 15.0. The Hall–Kier alpha value is -7.36. The molecule has 3 heterocycles. The van der Waals surface area contributed by atoms with Gasteiger partial charge in [0.05, 0.1) is 33.3 Å². The molecule has 242 valence electrons. The molecule has 0 N–H and O–H groups in total. The molecule has 0 amide bonds. The Balaban J connectivity index is 1.15. The Kier molecular flexibility index (Phi) is 6.76. The largest absolute Gasteiger partial charge is 0.309 e. The maximum atomic E-state index is 10.6. The summed E-state index contributed by atoms with van der Waals surface area (Å²) in [4.78, 5) is 14.6. The van der Waals surface area contributed by atoms with Crippen LogP contribution in [0.1, 0.15) is 5.56 Å². The summed E-state index contributed by atoms with van der Waals surface area (Å²) in [5.41, 5.74) is 9.31. The van der Waals surface area contributed by atoms with Crippen LogP contribution in [-0.2, 0) is 0 Å². The average Bonchev–Trinajstić information content (AvgIpc) is 3.73. The zero-order chi connectivity index (χ0) is 34.6. The second-order valence-corrected chi connectivity index (χ2v) is 12.8. The van der Waals surface area contributed by atoms with Crippen molar-refractivity contribution >= 4 is 43.6 Å². The standard InChI is InChI=1S/C46H28N6/c47-29-33-27-32(46-49-44(30-13-3-1-4-14-30)48-45(50-46)31-15-5-2-6-16-31)23-25-39(33)52-42-22-12-9-19-37(42)38-28-34(24-26-43(38)52)51-40-20-10-7-17-35(40)36-18-8-11-21-41(36)51/h1-28H. The molecule has 6 nitrogen and oxygen atoms in total. The molecule has 10 aromatic rings. The lowest BCUT2D eigenvalue weighted by Gasteiger charge is -2.13. The van der Waals surface area contributed by atoms with E-state index < -0.39 is 0 Å². The molecule has 0 fully saturated rings. The number of benzene rings is 7. The van der Waals surface area contributed by atoms with Crippen LogP contribution in [0.2, 0.25) is 0 Å². The molecule has 52 heavy (non-hydrogen) atoms. The van der Waals surface area contributed by atoms with E-state index in [1.54, 1.807) is 0 Å². The molecule has 0 atom stereocenters. The zero-order valence-electron chi connectivity index (χ0n) is 27.8. The van der Waals surface area contributed by atoms with Crippen LogP contribution in [-0.4, -0.2) is 24.1 Å². The first kappa shape index (κ1) is 29.5. The van der Waals surface area contributed by atoms with Crippen molar-refractivity contribution < 1.29 is 0 Å². The molecule has 3 aromatic heterocycles. The first-order valence-electron chi connectivity index (χ1n) is 17.2. The summed E-state index contributed by atoms with van der Waals surface area (Å²) in [5, 5.41) is 15.3. The number of nitriles is 1. The highest BCUT2D eigenvalue weighted by Gasteiger charge is 2.19. The smallest absolute Gasteiger partial charge is 0.164 e. The van der Waals surface area contributed by atoms with Crippen LogP contribution in [0.3, 0.4) is 0 Å². The number of hydrogen-bond acceptors (Lipinski definition) is 4. The fraction of sp³-hybridized carbons (Fsp3) is 0. The molecular weight excluding hydrogens is 637 g/mol. The Morgan fingerprint density at radius 3 is 1.40 bits per heavy atom. The number of rotatable bonds is 5. The maximum Gasteiger partial charge on any atom is 0.164 e. The van der Waals surface area contributed by atoms with Crippen molar-refractivity contribution in [2.24, 2.45) is 0 Å². The van der Waals surface area contributed by atoms with E-state index in [4.69, 9.17) is 15.0 Å². The maximum absolute atomic E-state index is 10.6. The molecule has 10 rings (SSSR count). The van der Waals surface area contributed by atoms with Gasteiger partial charge in [-0.05, 0) is 54.6 Å². The predicted molar refractivity (Wildman–Crippen MR) is 210 cm³/mol. The predicted octanol–water partition coefficient (Wildman–Crippen LogP) is 10.9. The minimum absolute atomic E-state index is 0.508. The molecule has 0 saturated carbocycles. The second kappa shape index (κ2) is 11.9. The quantitative estimate of drug-likeness (QED) is 0.184. The average molecular weight is 665 g/mol. The number of para-hydroxylation sites is 3. The van der Waals surface area contributed by atoms with E-state index in [0.717, 1.165) is 49.9 Å². The Morgan fingerprint density at radius 2 is 0.846 bits per heavy atom. The first-order valence-corrected chi connectivity index (χ1v) is 17.2. The monoisotopic (exact) mass is 664 g/mol. The number of nitrogens with zero attached hydrogens (tertiary/aromatic N) is 6. The van der Waals surface area contributed by atoms with Crippen molar-refractivity contribution in [3.05, 3.63) is 175 Å². The molecule has 7 aromatic carbocycles. The summed E-state index contributed by atoms with van der Waals surface area (Å²) in [7, 11) is 0. The summed E-state index contributed by atoms with van der Waals surface area (Å²) in [6.45, 7) is 0. The van der Waals surface area contributed by atoms with Gasteiger partial charge >= 0.3 is 0 Å². The normalized spacial score (nSPS) is 11.4. The Bertz CT molecular complexity index is 2910. The summed E-state index contributed by atoms with van der Waals surface area (Å²) in [6.07, 6.45) is 0. The van der Waals surface area contributed by atoms with Crippen molar-refractivity contribution in [3.8, 4) is 51.6 Å². The van der Waals surface area contributed by atoms with Gasteiger partial charge in [-0.15, -0.1) is 0 Å². The van der Waals surface area contributed by atoms with Gasteiger partial charge in [0.25, 0.3) is 0 Å². The van der Waals surface area contributed by atoms with E-state index >= 15 is 0 Å². The molecule has 0 radical (unpaired) electrons. The summed E-state index contributed by atoms with van der Waals surface area (Å²) in [6, 6.07) is 60.4. The van der Waals surface area contributed by atoms with E-state index in [1.807, 2.05) is 84.9 Å². The third-order valence-electron chi connectivity index (χ3n) is 9.81. The molecule has 0 aliphatic heterocycles. The van der Waals surface area contributed by atoms with Crippen LogP contribution in [0, 0.1) is 11.3 Å². The van der Waals surface area contributed by atoms with Gasteiger partial charge in [0.15, 0.2) is 17.5 Å². The van der Waals surface area contributed by atoms with Crippen LogP contribution in [0.5, 0.6) is 0 Å². The van der Waals surface area contributed by atoms with Crippen LogP contribution >= 0.6 is 0 Å². The van der Waals surface area contributed by atoms with Crippen molar-refractivity contribution in [3.63, 3.8) is 0 Å². The third kappa shape index (κ3) is 4.68. The minimum Gasteiger partial charge on any atom is -0.309 e. The highest BCUT2D eigenvalue weighted by molar-refractivity contribution is 6.12. The van der Waals surface area contributed by atoms with Gasteiger partial charge in [-0.2, -0.15) is 5.26 Å². The molecule has 0 aliphatic rings. The van der Waals surface area contributed by atoms with Crippen molar-refractivity contribution in [1.82, 2.24) is 24.1 Å². The van der Waals surface area contributed by atoms with Gasteiger partial charge in [0.2, 0.25) is 0 Å². The van der Waals surface area contributed by atoms with E-state index in [-0.39, 0.29) is 0 Å². The lowest BCUT2D eigenvalue weighted by molar-refractivity contribution is 1.07. The van der Waals surface area contributed by atoms with Gasteiger partial charge < -0.3 is 9.13 Å². The Labute approximate surface area is 299 Å². The fourth-order valence-electron chi connectivity index (χ4n) is 7.46. The van der Waals surface area contributed by atoms with Gasteiger partial charge in [-0.3, -0.25) is 0 Å². The van der Waals surface area contributed by atoms with Crippen LogP contribution in [0.15, 0.2) is 170 Å². The summed E-state index contributed by atoms with van der Waals surface area (Å²) < 4.78 is 4.54. The Morgan fingerprint density at radius 1 is 0.385 bits per heavy atom. The molecule has 0 spiro atoms. The number of fused-ring (bicyclic) bond motifs is 6. The van der Waals surface area contributed by atoms with E-state index in [1.165, 1.54) is 21.8 Å². The summed E-state index contributed by atoms with van der Waals surface area (Å²) in [5.74, 6) is 1.66. The minimum atomic E-state index is 0.508. The van der Waals surface area contributed by atoms with E-state index in [9.17, 15) is 5.26 Å². The fourth-order valence-corrected chi connectivity index (χ4v) is 7.46. The van der Waals surface area contributed by atoms with Crippen LogP contribution < -0.4 is 0 Å². The summed E-state index contributed by atoms with van der Waals surface area (Å²) >= 11 is 0. The van der Waals surface area contributed by atoms with Gasteiger partial charge in [0.1, 0.15) is 6.07 Å². The van der Waals surface area contributed by atoms with Gasteiger partial charge in [0, 0.05) is 43.9 Å². The van der Waals surface area contributed by atoms with Crippen LogP contribution in [0.4, 0.5) is 0 Å². The first-order chi connectivity index (χ1) is 25.7. The SMILES string of the molecule is N#Cc1cc(-c2nc(-c3ccccc3)nc(-c3ccccc3)n2)ccc1-n1c2ccccc2c2cc(-n3c4ccccc4c4ccccc43)ccc21. The van der Waals surface area contributed by atoms with Crippen LogP contribution in [0.25, 0.3) is 89.2 Å². The number of hydrogen-bond donors (Lipinski definition) is 0. The van der Waals surface area contributed by atoms with Crippen molar-refractivity contribution in [1.29, 1.82) is 5.26 Å². The van der Waals surface area contributed by atoms with Gasteiger partial charge in [-0.25, -0.2) is 15.0 Å². The molecule has 0 saturated heterocycles. The molecule has 0 unspecified atom stereocenters. The molecule has 0 aliphatic carbocycles. The van der Waals surface area contributed by atoms with E-state index in [0.29, 0.717) is 23.0 Å². The molecule has 0 bridgehead atoms.